The van der Waals surface area contributed by atoms with E-state index in [1.165, 1.54) is 39.8 Å². The summed E-state index contributed by atoms with van der Waals surface area (Å²) < 4.78 is 13.0. The zero-order valence-corrected chi connectivity index (χ0v) is 22.5. The number of carbonyl (C=O) groups excluding carboxylic acids is 3. The standard InChI is InChI=1S/C24H20N4O5S4/c29-20(26-27-21(30)12-35-23-25-15-4-1-2-5-18(15)36-23)6-3-9-28-22(31)19(37-24(28)34)11-14-7-8-16-17(10-14)33-13-32-16/h1-2,4-5,7-8,10-11H,3,6,9,12-13H2,(H,26,29)(H,27,30)/b19-11-. The number of hydrazine groups is 1. The van der Waals surface area contributed by atoms with Crippen LogP contribution < -0.4 is 20.3 Å². The lowest BCUT2D eigenvalue weighted by molar-refractivity contribution is -0.128. The summed E-state index contributed by atoms with van der Waals surface area (Å²) in [5, 5.41) is 0. The van der Waals surface area contributed by atoms with Crippen LogP contribution in [0.2, 0.25) is 0 Å². The fourth-order valence-electron chi connectivity index (χ4n) is 3.52. The van der Waals surface area contributed by atoms with Crippen LogP contribution in [0.4, 0.5) is 0 Å². The highest BCUT2D eigenvalue weighted by Crippen LogP contribution is 2.36. The Kier molecular flexibility index (Phi) is 7.93. The fraction of sp³-hybridized carbons (Fsp3) is 0.208. The van der Waals surface area contributed by atoms with Crippen molar-refractivity contribution in [3.8, 4) is 11.5 Å². The van der Waals surface area contributed by atoms with Crippen LogP contribution in [0.1, 0.15) is 18.4 Å². The van der Waals surface area contributed by atoms with Crippen molar-refractivity contribution in [3.05, 3.63) is 52.9 Å². The first-order chi connectivity index (χ1) is 18.0. The van der Waals surface area contributed by atoms with Crippen molar-refractivity contribution in [2.75, 3.05) is 19.1 Å². The van der Waals surface area contributed by atoms with Crippen LogP contribution in [-0.2, 0) is 14.4 Å². The van der Waals surface area contributed by atoms with E-state index in [9.17, 15) is 14.4 Å². The van der Waals surface area contributed by atoms with Crippen molar-refractivity contribution in [1.29, 1.82) is 0 Å². The summed E-state index contributed by atoms with van der Waals surface area (Å²) in [6, 6.07) is 13.2. The van der Waals surface area contributed by atoms with Gasteiger partial charge in [-0.05, 0) is 42.3 Å². The van der Waals surface area contributed by atoms with E-state index in [0.717, 1.165) is 20.1 Å². The number of amides is 3. The zero-order chi connectivity index (χ0) is 25.8. The quantitative estimate of drug-likeness (QED) is 0.179. The fourth-order valence-corrected chi connectivity index (χ4v) is 6.70. The van der Waals surface area contributed by atoms with Gasteiger partial charge in [0.1, 0.15) is 4.32 Å². The molecule has 2 aliphatic rings. The maximum Gasteiger partial charge on any atom is 0.266 e. The summed E-state index contributed by atoms with van der Waals surface area (Å²) >= 11 is 9.41. The van der Waals surface area contributed by atoms with Gasteiger partial charge >= 0.3 is 0 Å². The summed E-state index contributed by atoms with van der Waals surface area (Å²) in [7, 11) is 0. The predicted molar refractivity (Wildman–Crippen MR) is 148 cm³/mol. The minimum absolute atomic E-state index is 0.129. The molecule has 9 nitrogen and oxygen atoms in total. The molecule has 1 fully saturated rings. The number of para-hydroxylation sites is 1. The van der Waals surface area contributed by atoms with Gasteiger partial charge in [-0.1, -0.05) is 53.9 Å². The first kappa shape index (κ1) is 25.5. The lowest BCUT2D eigenvalue weighted by atomic mass is 10.2. The largest absolute Gasteiger partial charge is 0.454 e. The molecule has 2 aliphatic heterocycles. The van der Waals surface area contributed by atoms with Gasteiger partial charge in [-0.25, -0.2) is 4.98 Å². The molecule has 0 saturated carbocycles. The first-order valence-corrected chi connectivity index (χ1v) is 14.2. The summed E-state index contributed by atoms with van der Waals surface area (Å²) in [6.07, 6.45) is 2.28. The highest BCUT2D eigenvalue weighted by atomic mass is 32.2. The second-order valence-corrected chi connectivity index (χ2v) is 11.8. The Labute approximate surface area is 229 Å². The van der Waals surface area contributed by atoms with Crippen LogP contribution in [0.15, 0.2) is 51.7 Å². The lowest BCUT2D eigenvalue weighted by Crippen LogP contribution is -2.42. The number of carbonyl (C=O) groups is 3. The summed E-state index contributed by atoms with van der Waals surface area (Å²) in [4.78, 5) is 43.5. The third-order valence-corrected chi connectivity index (χ3v) is 8.85. The molecule has 190 valence electrons. The van der Waals surface area contributed by atoms with Crippen LogP contribution >= 0.6 is 47.1 Å². The van der Waals surface area contributed by atoms with Gasteiger partial charge in [-0.2, -0.15) is 0 Å². The van der Waals surface area contributed by atoms with E-state index < -0.39 is 0 Å². The van der Waals surface area contributed by atoms with Crippen LogP contribution in [-0.4, -0.2) is 51.0 Å². The molecule has 5 rings (SSSR count). The van der Waals surface area contributed by atoms with Crippen molar-refractivity contribution >= 4 is 85.4 Å². The SMILES string of the molecule is O=C(CCCN1C(=O)/C(=C/c2ccc3c(c2)OCO3)SC1=S)NNC(=O)CSc1nc2ccccc2s1. The van der Waals surface area contributed by atoms with Gasteiger partial charge in [0.15, 0.2) is 15.8 Å². The van der Waals surface area contributed by atoms with Crippen LogP contribution in [0.5, 0.6) is 11.5 Å². The molecular formula is C24H20N4O5S4. The third kappa shape index (κ3) is 6.24. The number of nitrogens with one attached hydrogen (secondary N) is 2. The zero-order valence-electron chi connectivity index (χ0n) is 19.2. The van der Waals surface area contributed by atoms with E-state index >= 15 is 0 Å². The third-order valence-electron chi connectivity index (χ3n) is 5.30. The van der Waals surface area contributed by atoms with Gasteiger partial charge in [0.2, 0.25) is 18.6 Å². The smallest absolute Gasteiger partial charge is 0.266 e. The Balaban J connectivity index is 1.03. The normalized spacial score (nSPS) is 15.6. The molecular weight excluding hydrogens is 553 g/mol. The van der Waals surface area contributed by atoms with Gasteiger partial charge in [-0.15, -0.1) is 11.3 Å². The number of fused-ring (bicyclic) bond motifs is 2. The van der Waals surface area contributed by atoms with Crippen LogP contribution in [0, 0.1) is 0 Å². The van der Waals surface area contributed by atoms with E-state index in [1.807, 2.05) is 36.4 Å². The minimum atomic E-state index is -0.348. The lowest BCUT2D eigenvalue weighted by Gasteiger charge is -2.14. The molecule has 2 N–H and O–H groups in total. The second kappa shape index (κ2) is 11.5. The minimum Gasteiger partial charge on any atom is -0.454 e. The number of thioether (sulfide) groups is 2. The van der Waals surface area contributed by atoms with Crippen molar-refractivity contribution in [2.24, 2.45) is 0 Å². The molecule has 0 aliphatic carbocycles. The number of hydrogen-bond donors (Lipinski definition) is 2. The van der Waals surface area contributed by atoms with Gasteiger partial charge in [-0.3, -0.25) is 30.1 Å². The number of thiazole rings is 1. The maximum atomic E-state index is 12.8. The monoisotopic (exact) mass is 572 g/mol. The molecule has 1 aromatic heterocycles. The average Bonchev–Trinajstić information content (AvgIpc) is 3.59. The Morgan fingerprint density at radius 2 is 1.95 bits per heavy atom. The van der Waals surface area contributed by atoms with E-state index in [-0.39, 0.29) is 36.7 Å². The Morgan fingerprint density at radius 1 is 1.14 bits per heavy atom. The number of rotatable bonds is 8. The average molecular weight is 573 g/mol. The molecule has 0 unspecified atom stereocenters. The van der Waals surface area contributed by atoms with Gasteiger partial charge in [0, 0.05) is 13.0 Å². The van der Waals surface area contributed by atoms with Gasteiger partial charge in [0.25, 0.3) is 5.91 Å². The van der Waals surface area contributed by atoms with E-state index in [1.54, 1.807) is 12.1 Å². The van der Waals surface area contributed by atoms with Gasteiger partial charge in [0.05, 0.1) is 20.9 Å². The number of hydrogen-bond acceptors (Lipinski definition) is 10. The van der Waals surface area contributed by atoms with Crippen molar-refractivity contribution in [2.45, 2.75) is 17.2 Å². The van der Waals surface area contributed by atoms with Crippen LogP contribution in [0.25, 0.3) is 16.3 Å². The van der Waals surface area contributed by atoms with E-state index in [0.29, 0.717) is 33.7 Å². The maximum absolute atomic E-state index is 12.8. The Morgan fingerprint density at radius 3 is 2.81 bits per heavy atom. The van der Waals surface area contributed by atoms with Crippen molar-refractivity contribution in [3.63, 3.8) is 0 Å². The molecule has 1 saturated heterocycles. The van der Waals surface area contributed by atoms with Crippen molar-refractivity contribution < 1.29 is 23.9 Å². The predicted octanol–water partition coefficient (Wildman–Crippen LogP) is 3.95. The number of ether oxygens (including phenoxy) is 2. The molecule has 2 aromatic carbocycles. The second-order valence-electron chi connectivity index (χ2n) is 7.88. The Bertz CT molecular complexity index is 1390. The number of aromatic nitrogens is 1. The first-order valence-electron chi connectivity index (χ1n) is 11.2. The molecule has 13 heteroatoms. The molecule has 0 radical (unpaired) electrons. The number of thiocarbonyl (C=S) groups is 1. The summed E-state index contributed by atoms with van der Waals surface area (Å²) in [5.41, 5.74) is 6.53. The molecule has 0 atom stereocenters. The molecule has 3 amide bonds. The highest BCUT2D eigenvalue weighted by Gasteiger charge is 2.31. The number of nitrogens with zero attached hydrogens (tertiary/aromatic N) is 2. The molecule has 3 heterocycles. The molecule has 0 spiro atoms. The van der Waals surface area contributed by atoms with Crippen LogP contribution in [0.3, 0.4) is 0 Å². The molecule has 0 bridgehead atoms. The van der Waals surface area contributed by atoms with E-state index in [4.69, 9.17) is 21.7 Å². The Hall–Kier alpha value is -3.13. The highest BCUT2D eigenvalue weighted by molar-refractivity contribution is 8.26. The molecule has 3 aromatic rings. The van der Waals surface area contributed by atoms with Gasteiger partial charge < -0.3 is 9.47 Å². The van der Waals surface area contributed by atoms with E-state index in [2.05, 4.69) is 15.8 Å². The molecule has 37 heavy (non-hydrogen) atoms. The van der Waals surface area contributed by atoms with Crippen molar-refractivity contribution in [1.82, 2.24) is 20.7 Å². The number of benzene rings is 2. The topological polar surface area (TPSA) is 110 Å². The summed E-state index contributed by atoms with van der Waals surface area (Å²) in [5.74, 6) is 0.562. The summed E-state index contributed by atoms with van der Waals surface area (Å²) in [6.45, 7) is 0.485.